The summed E-state index contributed by atoms with van der Waals surface area (Å²) < 4.78 is 6.82. The number of anilines is 1. The fraction of sp³-hybridized carbons (Fsp3) is 0.417. The second-order valence-electron chi connectivity index (χ2n) is 8.03. The molecule has 0 unspecified atom stereocenters. The van der Waals surface area contributed by atoms with Crippen LogP contribution in [0.15, 0.2) is 47.7 Å². The summed E-state index contributed by atoms with van der Waals surface area (Å²) >= 11 is 2.32. The Morgan fingerprint density at radius 3 is 2.94 bits per heavy atom. The van der Waals surface area contributed by atoms with Crippen molar-refractivity contribution in [1.82, 2.24) is 14.8 Å². The second kappa shape index (κ2) is 11.0. The number of piperazine rings is 1. The summed E-state index contributed by atoms with van der Waals surface area (Å²) in [6, 6.07) is 7.82. The Balaban J connectivity index is 1.68. The van der Waals surface area contributed by atoms with Gasteiger partial charge < -0.3 is 19.9 Å². The Kier molecular flexibility index (Phi) is 7.85. The molecule has 1 aromatic heterocycles. The van der Waals surface area contributed by atoms with Crippen LogP contribution >= 0.6 is 22.6 Å². The first kappa shape index (κ1) is 22.8. The standard InChI is InChI=1S/C24H30IN5O2/c1-2-3-9-26-24-22-18(16-27-24)17-29-10-12-30(13-11-29)21(31)8-5-14-32-20-7-4-6-19(15-20)28-23(22)25/h3-4,6-7,9,15-16,26-27H,2,5,8,10-14,17H2,1H3/b9-3+,28-23?. The Morgan fingerprint density at radius 2 is 2.12 bits per heavy atom. The van der Waals surface area contributed by atoms with Crippen molar-refractivity contribution in [1.29, 1.82) is 0 Å². The quantitative estimate of drug-likeness (QED) is 0.548. The number of aromatic amines is 1. The maximum absolute atomic E-state index is 12.6. The Hall–Kier alpha value is -2.33. The zero-order valence-corrected chi connectivity index (χ0v) is 20.6. The van der Waals surface area contributed by atoms with Crippen molar-refractivity contribution in [2.75, 3.05) is 38.1 Å². The van der Waals surface area contributed by atoms with E-state index >= 15 is 0 Å². The number of aliphatic imine (C=N–C) groups is 1. The number of nitrogens with zero attached hydrogens (tertiary/aromatic N) is 3. The lowest BCUT2D eigenvalue weighted by Gasteiger charge is -2.34. The summed E-state index contributed by atoms with van der Waals surface area (Å²) in [6.07, 6.45) is 8.34. The number of ether oxygens (including phenoxy) is 1. The van der Waals surface area contributed by atoms with Gasteiger partial charge in [-0.2, -0.15) is 0 Å². The van der Waals surface area contributed by atoms with Crippen molar-refractivity contribution in [2.24, 2.45) is 4.99 Å². The number of fused-ring (bicyclic) bond motifs is 6. The van der Waals surface area contributed by atoms with E-state index in [1.165, 1.54) is 5.56 Å². The molecule has 32 heavy (non-hydrogen) atoms. The molecule has 0 saturated carbocycles. The number of hydrogen-bond acceptors (Lipinski definition) is 5. The molecule has 0 spiro atoms. The van der Waals surface area contributed by atoms with Crippen molar-refractivity contribution in [3.8, 4) is 5.75 Å². The van der Waals surface area contributed by atoms with Gasteiger partial charge in [-0.25, -0.2) is 4.99 Å². The summed E-state index contributed by atoms with van der Waals surface area (Å²) in [7, 11) is 0. The van der Waals surface area contributed by atoms with Crippen LogP contribution in [0.4, 0.5) is 11.5 Å². The third-order valence-corrected chi connectivity index (χ3v) is 6.50. The highest BCUT2D eigenvalue weighted by molar-refractivity contribution is 14.1. The van der Waals surface area contributed by atoms with E-state index in [4.69, 9.17) is 9.73 Å². The summed E-state index contributed by atoms with van der Waals surface area (Å²) in [6.45, 7) is 6.75. The van der Waals surface area contributed by atoms with Gasteiger partial charge in [0.2, 0.25) is 5.91 Å². The molecule has 4 heterocycles. The highest BCUT2D eigenvalue weighted by atomic mass is 127. The van der Waals surface area contributed by atoms with Crippen molar-refractivity contribution in [3.63, 3.8) is 0 Å². The summed E-state index contributed by atoms with van der Waals surface area (Å²) in [5.41, 5.74) is 3.13. The fourth-order valence-corrected chi connectivity index (χ4v) is 4.87. The maximum atomic E-state index is 12.6. The van der Waals surface area contributed by atoms with E-state index in [-0.39, 0.29) is 5.91 Å². The van der Waals surface area contributed by atoms with Crippen molar-refractivity contribution in [2.45, 2.75) is 32.7 Å². The predicted octanol–water partition coefficient (Wildman–Crippen LogP) is 4.68. The van der Waals surface area contributed by atoms with Gasteiger partial charge in [-0.3, -0.25) is 9.69 Å². The number of H-pyrrole nitrogens is 1. The minimum Gasteiger partial charge on any atom is -0.494 e. The number of benzene rings is 1. The lowest BCUT2D eigenvalue weighted by molar-refractivity contribution is -0.133. The first-order valence-electron chi connectivity index (χ1n) is 11.2. The minimum atomic E-state index is 0.223. The van der Waals surface area contributed by atoms with Gasteiger partial charge in [0.1, 0.15) is 15.3 Å². The third kappa shape index (κ3) is 5.72. The molecule has 1 amide bonds. The van der Waals surface area contributed by atoms with Crippen LogP contribution in [0, 0.1) is 0 Å². The van der Waals surface area contributed by atoms with E-state index in [1.807, 2.05) is 35.4 Å². The molecule has 0 aliphatic carbocycles. The Labute approximate surface area is 203 Å². The van der Waals surface area contributed by atoms with Gasteiger partial charge in [-0.15, -0.1) is 0 Å². The molecule has 7 nitrogen and oxygen atoms in total. The van der Waals surface area contributed by atoms with Gasteiger partial charge >= 0.3 is 0 Å². The van der Waals surface area contributed by atoms with E-state index in [0.29, 0.717) is 13.0 Å². The van der Waals surface area contributed by atoms with Gasteiger partial charge in [0, 0.05) is 51.4 Å². The Bertz CT molecular complexity index is 992. The number of carbonyl (C=O) groups is 1. The average molecular weight is 547 g/mol. The molecule has 1 fully saturated rings. The lowest BCUT2D eigenvalue weighted by atomic mass is 10.1. The first-order chi connectivity index (χ1) is 15.6. The smallest absolute Gasteiger partial charge is 0.222 e. The molecule has 4 bridgehead atoms. The van der Waals surface area contributed by atoms with E-state index in [0.717, 1.165) is 72.1 Å². The van der Waals surface area contributed by atoms with E-state index < -0.39 is 0 Å². The number of carbonyl (C=O) groups excluding carboxylic acids is 1. The van der Waals surface area contributed by atoms with Crippen LogP contribution in [0.1, 0.15) is 37.3 Å². The van der Waals surface area contributed by atoms with Gasteiger partial charge in [0.05, 0.1) is 17.9 Å². The predicted molar refractivity (Wildman–Crippen MR) is 137 cm³/mol. The molecule has 3 aliphatic heterocycles. The second-order valence-corrected chi connectivity index (χ2v) is 9.05. The summed E-state index contributed by atoms with van der Waals surface area (Å²) in [5, 5.41) is 3.38. The molecule has 2 aromatic rings. The van der Waals surface area contributed by atoms with Crippen molar-refractivity contribution in [3.05, 3.63) is 53.9 Å². The largest absolute Gasteiger partial charge is 0.494 e. The molecular formula is C24H30IN5O2. The van der Waals surface area contributed by atoms with Crippen LogP contribution in [0.5, 0.6) is 5.75 Å². The Morgan fingerprint density at radius 1 is 1.28 bits per heavy atom. The van der Waals surface area contributed by atoms with Gasteiger partial charge in [-0.05, 0) is 59.3 Å². The van der Waals surface area contributed by atoms with Gasteiger partial charge in [-0.1, -0.05) is 19.1 Å². The SMILES string of the molecule is CC/C=C/Nc1[nH]cc2c1C(I)=Nc1cccc(c1)OCCCC(=O)N1CCN(CC1)C2. The number of aromatic nitrogens is 1. The normalized spacial score (nSPS) is 18.2. The van der Waals surface area contributed by atoms with E-state index in [2.05, 4.69) is 57.0 Å². The number of nitrogens with one attached hydrogen (secondary N) is 2. The number of amides is 1. The molecule has 8 heteroatoms. The zero-order valence-electron chi connectivity index (χ0n) is 18.4. The molecule has 5 rings (SSSR count). The van der Waals surface area contributed by atoms with E-state index in [1.54, 1.807) is 0 Å². The van der Waals surface area contributed by atoms with Crippen LogP contribution in [0.2, 0.25) is 0 Å². The number of hydrogen-bond donors (Lipinski definition) is 2. The van der Waals surface area contributed by atoms with Crippen molar-refractivity contribution >= 4 is 43.7 Å². The topological polar surface area (TPSA) is 73.0 Å². The molecule has 170 valence electrons. The fourth-order valence-electron chi connectivity index (χ4n) is 3.98. The number of halogens is 1. The average Bonchev–Trinajstić information content (AvgIpc) is 3.19. The third-order valence-electron chi connectivity index (χ3n) is 5.72. The van der Waals surface area contributed by atoms with Gasteiger partial charge in [0.15, 0.2) is 0 Å². The van der Waals surface area contributed by atoms with Crippen LogP contribution in [-0.2, 0) is 11.3 Å². The molecule has 2 N–H and O–H groups in total. The highest BCUT2D eigenvalue weighted by Crippen LogP contribution is 2.29. The van der Waals surface area contributed by atoms with Crippen LogP contribution < -0.4 is 10.1 Å². The first-order valence-corrected chi connectivity index (χ1v) is 12.3. The number of rotatable bonds is 3. The molecule has 1 aromatic carbocycles. The van der Waals surface area contributed by atoms with Crippen LogP contribution in [-0.4, -0.2) is 57.2 Å². The van der Waals surface area contributed by atoms with Gasteiger partial charge in [0.25, 0.3) is 0 Å². The molecule has 3 aliphatic rings. The number of allylic oxidation sites excluding steroid dienone is 1. The molecule has 0 radical (unpaired) electrons. The van der Waals surface area contributed by atoms with Crippen molar-refractivity contribution < 1.29 is 9.53 Å². The molecule has 1 saturated heterocycles. The van der Waals surface area contributed by atoms with Crippen LogP contribution in [0.3, 0.4) is 0 Å². The zero-order chi connectivity index (χ0) is 22.3. The summed E-state index contributed by atoms with van der Waals surface area (Å²) in [5.74, 6) is 1.94. The maximum Gasteiger partial charge on any atom is 0.222 e. The minimum absolute atomic E-state index is 0.223. The monoisotopic (exact) mass is 547 g/mol. The van der Waals surface area contributed by atoms with Crippen LogP contribution in [0.25, 0.3) is 0 Å². The lowest BCUT2D eigenvalue weighted by Crippen LogP contribution is -2.48. The van der Waals surface area contributed by atoms with E-state index in [9.17, 15) is 4.79 Å². The molecular weight excluding hydrogens is 517 g/mol. The molecule has 0 atom stereocenters. The highest BCUT2D eigenvalue weighted by Gasteiger charge is 2.23. The summed E-state index contributed by atoms with van der Waals surface area (Å²) in [4.78, 5) is 25.3.